The van der Waals surface area contributed by atoms with Crippen LogP contribution in [0.4, 0.5) is 0 Å². The lowest BCUT2D eigenvalue weighted by Gasteiger charge is -2.09. The Morgan fingerprint density at radius 3 is 2.60 bits per heavy atom. The lowest BCUT2D eigenvalue weighted by Crippen LogP contribution is -2.16. The molecule has 2 aromatic heterocycles. The second kappa shape index (κ2) is 9.93. The van der Waals surface area contributed by atoms with Crippen LogP contribution in [0.15, 0.2) is 53.1 Å². The maximum absolute atomic E-state index is 12.6. The molecule has 7 heteroatoms. The van der Waals surface area contributed by atoms with E-state index in [1.807, 2.05) is 48.7 Å². The lowest BCUT2D eigenvalue weighted by atomic mass is 10.1. The fourth-order valence-corrected chi connectivity index (χ4v) is 3.19. The third-order valence-electron chi connectivity index (χ3n) is 4.80. The zero-order valence-electron chi connectivity index (χ0n) is 17.3. The number of aryl methyl sites for hydroxylation is 1. The maximum atomic E-state index is 12.6. The van der Waals surface area contributed by atoms with Crippen molar-refractivity contribution in [3.8, 4) is 5.75 Å². The van der Waals surface area contributed by atoms with Crippen molar-refractivity contribution in [1.29, 1.82) is 0 Å². The molecule has 7 nitrogen and oxygen atoms in total. The third-order valence-corrected chi connectivity index (χ3v) is 4.80. The van der Waals surface area contributed by atoms with Crippen molar-refractivity contribution in [2.24, 2.45) is 0 Å². The predicted molar refractivity (Wildman–Crippen MR) is 110 cm³/mol. The molecule has 30 heavy (non-hydrogen) atoms. The minimum atomic E-state index is -0.701. The van der Waals surface area contributed by atoms with E-state index in [2.05, 4.69) is 0 Å². The predicted octanol–water partition coefficient (Wildman–Crippen LogP) is 3.96. The van der Waals surface area contributed by atoms with Gasteiger partial charge in [0.15, 0.2) is 6.61 Å². The van der Waals surface area contributed by atoms with Crippen molar-refractivity contribution in [2.45, 2.75) is 27.0 Å². The summed E-state index contributed by atoms with van der Waals surface area (Å²) in [6, 6.07) is 12.7. The number of carbonyl (C=O) groups excluding carboxylic acids is 2. The number of ketones is 1. The van der Waals surface area contributed by atoms with Gasteiger partial charge in [0.1, 0.15) is 12.4 Å². The molecule has 0 aliphatic heterocycles. The number of benzene rings is 1. The molecule has 0 N–H and O–H groups in total. The third kappa shape index (κ3) is 4.99. The van der Waals surface area contributed by atoms with Crippen molar-refractivity contribution in [2.75, 3.05) is 20.3 Å². The molecule has 0 radical (unpaired) electrons. The van der Waals surface area contributed by atoms with E-state index in [1.54, 1.807) is 19.2 Å². The number of rotatable bonds is 10. The Balaban J connectivity index is 1.60. The van der Waals surface area contributed by atoms with Gasteiger partial charge in [-0.3, -0.25) is 4.79 Å². The van der Waals surface area contributed by atoms with Gasteiger partial charge >= 0.3 is 5.97 Å². The van der Waals surface area contributed by atoms with Crippen LogP contribution >= 0.6 is 0 Å². The average Bonchev–Trinajstić information content (AvgIpc) is 3.34. The summed E-state index contributed by atoms with van der Waals surface area (Å²) >= 11 is 0. The van der Waals surface area contributed by atoms with E-state index < -0.39 is 5.97 Å². The summed E-state index contributed by atoms with van der Waals surface area (Å²) in [6.07, 6.45) is 1.39. The molecule has 0 aliphatic rings. The number of para-hydroxylation sites is 1. The highest BCUT2D eigenvalue weighted by atomic mass is 16.5. The number of hydrogen-bond donors (Lipinski definition) is 0. The molecule has 1 aromatic carbocycles. The molecular weight excluding hydrogens is 386 g/mol. The van der Waals surface area contributed by atoms with Crippen molar-refractivity contribution >= 4 is 11.8 Å². The van der Waals surface area contributed by atoms with Crippen LogP contribution in [0.25, 0.3) is 0 Å². The lowest BCUT2D eigenvalue weighted by molar-refractivity contribution is 0.0440. The molecule has 0 fully saturated rings. The maximum Gasteiger partial charge on any atom is 0.375 e. The van der Waals surface area contributed by atoms with Gasteiger partial charge in [-0.1, -0.05) is 18.2 Å². The first-order valence-electron chi connectivity index (χ1n) is 9.61. The molecule has 0 atom stereocenters. The molecule has 0 saturated heterocycles. The molecular formula is C23H25NO6. The van der Waals surface area contributed by atoms with Gasteiger partial charge in [0.25, 0.3) is 0 Å². The van der Waals surface area contributed by atoms with Crippen LogP contribution in [0.5, 0.6) is 5.75 Å². The van der Waals surface area contributed by atoms with Crippen LogP contribution in [-0.4, -0.2) is 36.6 Å². The smallest absolute Gasteiger partial charge is 0.375 e. The minimum Gasteiger partial charge on any atom is -0.489 e. The Kier molecular flexibility index (Phi) is 7.08. The summed E-state index contributed by atoms with van der Waals surface area (Å²) < 4.78 is 23.2. The highest BCUT2D eigenvalue weighted by molar-refractivity contribution is 6.00. The van der Waals surface area contributed by atoms with Crippen molar-refractivity contribution in [3.63, 3.8) is 0 Å². The molecule has 0 saturated carbocycles. The fourth-order valence-electron chi connectivity index (χ4n) is 3.19. The molecule has 2 heterocycles. The Hall–Kier alpha value is -3.32. The molecule has 0 bridgehead atoms. The number of methoxy groups -OCH3 is 1. The number of Topliss-reactive ketones (excluding diaryl/α,β-unsaturated/α-hetero) is 1. The monoisotopic (exact) mass is 411 g/mol. The van der Waals surface area contributed by atoms with Gasteiger partial charge in [-0.15, -0.1) is 0 Å². The van der Waals surface area contributed by atoms with Crippen molar-refractivity contribution in [3.05, 3.63) is 77.0 Å². The number of aromatic nitrogens is 1. The van der Waals surface area contributed by atoms with E-state index in [0.717, 1.165) is 11.4 Å². The van der Waals surface area contributed by atoms with Gasteiger partial charge in [0.05, 0.1) is 12.9 Å². The van der Waals surface area contributed by atoms with E-state index in [0.29, 0.717) is 30.0 Å². The van der Waals surface area contributed by atoms with E-state index in [1.165, 1.54) is 6.26 Å². The van der Waals surface area contributed by atoms with Crippen LogP contribution < -0.4 is 4.74 Å². The minimum absolute atomic E-state index is 0.0318. The number of carbonyl (C=O) groups is 2. The van der Waals surface area contributed by atoms with Gasteiger partial charge in [0, 0.05) is 36.2 Å². The highest BCUT2D eigenvalue weighted by Crippen LogP contribution is 2.18. The molecule has 3 aromatic rings. The Labute approximate surface area is 175 Å². The van der Waals surface area contributed by atoms with E-state index in [9.17, 15) is 9.59 Å². The summed E-state index contributed by atoms with van der Waals surface area (Å²) in [5.74, 6) is -0.261. The first kappa shape index (κ1) is 21.4. The molecule has 3 rings (SSSR count). The van der Waals surface area contributed by atoms with E-state index in [4.69, 9.17) is 18.6 Å². The quantitative estimate of drug-likeness (QED) is 0.371. The second-order valence-corrected chi connectivity index (χ2v) is 6.81. The van der Waals surface area contributed by atoms with Gasteiger partial charge in [-0.2, -0.15) is 0 Å². The van der Waals surface area contributed by atoms with Gasteiger partial charge < -0.3 is 23.2 Å². The van der Waals surface area contributed by atoms with Crippen LogP contribution in [0.1, 0.15) is 37.9 Å². The molecule has 158 valence electrons. The SMILES string of the molecule is COCCn1c(C)cc(C(=O)COC(=O)c2occc2COc2ccccc2)c1C. The largest absolute Gasteiger partial charge is 0.489 e. The second-order valence-electron chi connectivity index (χ2n) is 6.81. The van der Waals surface area contributed by atoms with Gasteiger partial charge in [-0.25, -0.2) is 4.79 Å². The van der Waals surface area contributed by atoms with Crippen LogP contribution in [-0.2, 0) is 22.6 Å². The number of nitrogens with zero attached hydrogens (tertiary/aromatic N) is 1. The average molecular weight is 411 g/mol. The molecule has 0 amide bonds. The van der Waals surface area contributed by atoms with Crippen LogP contribution in [0.2, 0.25) is 0 Å². The first-order valence-corrected chi connectivity index (χ1v) is 9.61. The molecule has 0 spiro atoms. The number of furan rings is 1. The zero-order chi connectivity index (χ0) is 21.5. The summed E-state index contributed by atoms with van der Waals surface area (Å²) in [5.41, 5.74) is 2.85. The Morgan fingerprint density at radius 2 is 1.87 bits per heavy atom. The summed E-state index contributed by atoms with van der Waals surface area (Å²) in [7, 11) is 1.63. The molecule has 0 aliphatic carbocycles. The van der Waals surface area contributed by atoms with Gasteiger partial charge in [0.2, 0.25) is 11.5 Å². The highest BCUT2D eigenvalue weighted by Gasteiger charge is 2.21. The summed E-state index contributed by atoms with van der Waals surface area (Å²) in [4.78, 5) is 25.0. The zero-order valence-corrected chi connectivity index (χ0v) is 17.3. The van der Waals surface area contributed by atoms with Crippen LogP contribution in [0, 0.1) is 13.8 Å². The first-order chi connectivity index (χ1) is 14.5. The number of esters is 1. The Morgan fingerprint density at radius 1 is 1.10 bits per heavy atom. The van der Waals surface area contributed by atoms with Crippen LogP contribution in [0.3, 0.4) is 0 Å². The normalized spacial score (nSPS) is 10.8. The topological polar surface area (TPSA) is 79.9 Å². The summed E-state index contributed by atoms with van der Waals surface area (Å²) in [6.45, 7) is 4.77. The Bertz CT molecular complexity index is 1000. The van der Waals surface area contributed by atoms with Crippen molar-refractivity contribution < 1.29 is 28.2 Å². The van der Waals surface area contributed by atoms with E-state index in [-0.39, 0.29) is 24.8 Å². The standard InChI is InChI=1S/C23H25NO6/c1-16-13-20(17(2)24(16)10-12-27-3)21(25)15-30-23(26)22-18(9-11-28-22)14-29-19-7-5-4-6-8-19/h4-9,11,13H,10,12,14-15H2,1-3H3. The van der Waals surface area contributed by atoms with Crippen molar-refractivity contribution in [1.82, 2.24) is 4.57 Å². The van der Waals surface area contributed by atoms with E-state index >= 15 is 0 Å². The van der Waals surface area contributed by atoms with Gasteiger partial charge in [-0.05, 0) is 38.1 Å². The number of hydrogen-bond acceptors (Lipinski definition) is 6. The molecule has 0 unspecified atom stereocenters. The fraction of sp³-hybridized carbons (Fsp3) is 0.304. The number of ether oxygens (including phenoxy) is 3. The summed E-state index contributed by atoms with van der Waals surface area (Å²) in [5, 5.41) is 0.